The molecule has 2 heterocycles. The number of carbonyl (C=O) groups excluding carboxylic acids is 2. The van der Waals surface area contributed by atoms with Gasteiger partial charge in [-0.3, -0.25) is 20.4 Å². The fourth-order valence-electron chi connectivity index (χ4n) is 2.75. The van der Waals surface area contributed by atoms with E-state index in [1.165, 1.54) is 36.5 Å². The second-order valence-electron chi connectivity index (χ2n) is 6.04. The Hall–Kier alpha value is -2.71. The number of aromatic nitrogens is 1. The molecule has 146 valence electrons. The number of rotatable bonds is 4. The average Bonchev–Trinajstić information content (AvgIpc) is 3.22. The number of nitrogens with one attached hydrogen (secondary N) is 2. The standard InChI is InChI=1S/C19H17ClFN3O3S/c1-4-13-9(2)8-14(28-13)18(25)22-23-19(26)15-10(3)27-24-17(15)16-11(20)6-5-7-12(16)21/h5-8H,4H2,1-3H3,(H,22,25)(H,23,26). The van der Waals surface area contributed by atoms with Crippen LogP contribution in [0.2, 0.25) is 5.02 Å². The van der Waals surface area contributed by atoms with Crippen molar-refractivity contribution in [3.8, 4) is 11.3 Å². The molecule has 0 aliphatic carbocycles. The van der Waals surface area contributed by atoms with Crippen LogP contribution in [0.5, 0.6) is 0 Å². The van der Waals surface area contributed by atoms with Crippen molar-refractivity contribution in [1.29, 1.82) is 0 Å². The summed E-state index contributed by atoms with van der Waals surface area (Å²) in [5.41, 5.74) is 5.62. The van der Waals surface area contributed by atoms with Crippen LogP contribution in [-0.4, -0.2) is 17.0 Å². The van der Waals surface area contributed by atoms with Crippen LogP contribution in [0.4, 0.5) is 4.39 Å². The van der Waals surface area contributed by atoms with Gasteiger partial charge in [-0.1, -0.05) is 29.7 Å². The van der Waals surface area contributed by atoms with E-state index in [4.69, 9.17) is 16.1 Å². The molecule has 0 atom stereocenters. The van der Waals surface area contributed by atoms with Gasteiger partial charge in [-0.25, -0.2) is 4.39 Å². The van der Waals surface area contributed by atoms with Gasteiger partial charge in [0.2, 0.25) is 0 Å². The quantitative estimate of drug-likeness (QED) is 0.609. The van der Waals surface area contributed by atoms with Crippen molar-refractivity contribution in [3.05, 3.63) is 61.7 Å². The molecule has 1 aromatic carbocycles. The molecule has 2 N–H and O–H groups in total. The van der Waals surface area contributed by atoms with Crippen molar-refractivity contribution in [3.63, 3.8) is 0 Å². The normalized spacial score (nSPS) is 10.8. The summed E-state index contributed by atoms with van der Waals surface area (Å²) in [6, 6.07) is 5.90. The lowest BCUT2D eigenvalue weighted by molar-refractivity contribution is 0.0848. The van der Waals surface area contributed by atoms with Crippen LogP contribution in [0.25, 0.3) is 11.3 Å². The highest BCUT2D eigenvalue weighted by Gasteiger charge is 2.26. The van der Waals surface area contributed by atoms with E-state index < -0.39 is 17.6 Å². The van der Waals surface area contributed by atoms with E-state index >= 15 is 0 Å². The molecule has 0 spiro atoms. The van der Waals surface area contributed by atoms with E-state index in [-0.39, 0.29) is 27.6 Å². The molecular formula is C19H17ClFN3O3S. The summed E-state index contributed by atoms with van der Waals surface area (Å²) in [6.07, 6.45) is 0.822. The maximum atomic E-state index is 14.2. The van der Waals surface area contributed by atoms with Gasteiger partial charge in [0.15, 0.2) is 0 Å². The van der Waals surface area contributed by atoms with E-state index in [2.05, 4.69) is 16.0 Å². The Morgan fingerprint density at radius 2 is 1.96 bits per heavy atom. The van der Waals surface area contributed by atoms with Gasteiger partial charge in [-0.05, 0) is 44.0 Å². The maximum absolute atomic E-state index is 14.2. The van der Waals surface area contributed by atoms with Crippen molar-refractivity contribution in [2.24, 2.45) is 0 Å². The van der Waals surface area contributed by atoms with Gasteiger partial charge < -0.3 is 4.52 Å². The Bertz CT molecular complexity index is 1040. The molecule has 0 unspecified atom stereocenters. The number of amides is 2. The molecular weight excluding hydrogens is 405 g/mol. The van der Waals surface area contributed by atoms with Gasteiger partial charge in [0.25, 0.3) is 11.8 Å². The van der Waals surface area contributed by atoms with Crippen molar-refractivity contribution < 1.29 is 18.5 Å². The van der Waals surface area contributed by atoms with E-state index in [9.17, 15) is 14.0 Å². The lowest BCUT2D eigenvalue weighted by Gasteiger charge is -2.08. The van der Waals surface area contributed by atoms with Crippen LogP contribution in [0.3, 0.4) is 0 Å². The minimum absolute atomic E-state index is 0.0103. The number of thiophene rings is 1. The van der Waals surface area contributed by atoms with Crippen molar-refractivity contribution in [2.75, 3.05) is 0 Å². The van der Waals surface area contributed by atoms with Gasteiger partial charge in [0.1, 0.15) is 22.8 Å². The lowest BCUT2D eigenvalue weighted by atomic mass is 10.1. The minimum Gasteiger partial charge on any atom is -0.360 e. The summed E-state index contributed by atoms with van der Waals surface area (Å²) >= 11 is 7.43. The van der Waals surface area contributed by atoms with Gasteiger partial charge in [0, 0.05) is 4.88 Å². The highest BCUT2D eigenvalue weighted by atomic mass is 35.5. The van der Waals surface area contributed by atoms with E-state index in [1.807, 2.05) is 13.8 Å². The van der Waals surface area contributed by atoms with Crippen LogP contribution in [0.15, 0.2) is 28.8 Å². The Kier molecular flexibility index (Phi) is 5.81. The van der Waals surface area contributed by atoms with Gasteiger partial charge >= 0.3 is 0 Å². The average molecular weight is 422 g/mol. The summed E-state index contributed by atoms with van der Waals surface area (Å²) in [6.45, 7) is 5.44. The molecule has 2 amide bonds. The predicted molar refractivity (Wildman–Crippen MR) is 105 cm³/mol. The zero-order valence-electron chi connectivity index (χ0n) is 15.4. The summed E-state index contributed by atoms with van der Waals surface area (Å²) in [5.74, 6) is -1.60. The molecule has 0 saturated carbocycles. The SMILES string of the molecule is CCc1sc(C(=O)NNC(=O)c2c(-c3c(F)cccc3Cl)noc2C)cc1C. The van der Waals surface area contributed by atoms with Gasteiger partial charge in [0.05, 0.1) is 15.5 Å². The topological polar surface area (TPSA) is 84.2 Å². The van der Waals surface area contributed by atoms with Crippen molar-refractivity contribution in [2.45, 2.75) is 27.2 Å². The second-order valence-corrected chi connectivity index (χ2v) is 7.58. The number of benzene rings is 1. The van der Waals surface area contributed by atoms with Gasteiger partial charge in [-0.2, -0.15) is 0 Å². The molecule has 0 aliphatic heterocycles. The summed E-state index contributed by atoms with van der Waals surface area (Å²) in [5, 5.41) is 3.86. The Morgan fingerprint density at radius 1 is 1.25 bits per heavy atom. The lowest BCUT2D eigenvalue weighted by Crippen LogP contribution is -2.41. The Labute approximate surface area is 169 Å². The highest BCUT2D eigenvalue weighted by molar-refractivity contribution is 7.14. The predicted octanol–water partition coefficient (Wildman–Crippen LogP) is 4.45. The van der Waals surface area contributed by atoms with Crippen LogP contribution < -0.4 is 10.9 Å². The molecule has 2 aromatic heterocycles. The summed E-state index contributed by atoms with van der Waals surface area (Å²) in [4.78, 5) is 26.5. The molecule has 0 radical (unpaired) electrons. The van der Waals surface area contributed by atoms with Crippen molar-refractivity contribution >= 4 is 34.8 Å². The summed E-state index contributed by atoms with van der Waals surface area (Å²) in [7, 11) is 0. The molecule has 0 fully saturated rings. The molecule has 28 heavy (non-hydrogen) atoms. The zero-order chi connectivity index (χ0) is 20.4. The third kappa shape index (κ3) is 3.79. The zero-order valence-corrected chi connectivity index (χ0v) is 16.9. The largest absolute Gasteiger partial charge is 0.360 e. The minimum atomic E-state index is -0.689. The maximum Gasteiger partial charge on any atom is 0.279 e. The number of nitrogens with zero attached hydrogens (tertiary/aromatic N) is 1. The second kappa shape index (κ2) is 8.12. The Balaban J connectivity index is 1.82. The number of hydrazine groups is 1. The van der Waals surface area contributed by atoms with Gasteiger partial charge in [-0.15, -0.1) is 11.3 Å². The number of carbonyl (C=O) groups is 2. The van der Waals surface area contributed by atoms with E-state index in [0.29, 0.717) is 4.88 Å². The van der Waals surface area contributed by atoms with Crippen LogP contribution in [-0.2, 0) is 6.42 Å². The monoisotopic (exact) mass is 421 g/mol. The number of aryl methyl sites for hydroxylation is 3. The first kappa shape index (κ1) is 20.0. The van der Waals surface area contributed by atoms with E-state index in [1.54, 1.807) is 6.07 Å². The first-order valence-electron chi connectivity index (χ1n) is 8.44. The van der Waals surface area contributed by atoms with Crippen LogP contribution >= 0.6 is 22.9 Å². The molecule has 9 heteroatoms. The number of hydrogen-bond donors (Lipinski definition) is 2. The first-order valence-corrected chi connectivity index (χ1v) is 9.63. The fraction of sp³-hybridized carbons (Fsp3) is 0.211. The molecule has 0 saturated heterocycles. The Morgan fingerprint density at radius 3 is 2.61 bits per heavy atom. The van der Waals surface area contributed by atoms with E-state index in [0.717, 1.165) is 16.9 Å². The number of halogens is 2. The third-order valence-electron chi connectivity index (χ3n) is 4.14. The fourth-order valence-corrected chi connectivity index (χ4v) is 4.02. The molecule has 0 bridgehead atoms. The molecule has 3 aromatic rings. The highest BCUT2D eigenvalue weighted by Crippen LogP contribution is 2.33. The van der Waals surface area contributed by atoms with Crippen LogP contribution in [0.1, 0.15) is 43.2 Å². The number of hydrogen-bond acceptors (Lipinski definition) is 5. The van der Waals surface area contributed by atoms with Crippen LogP contribution in [0, 0.1) is 19.7 Å². The molecule has 0 aliphatic rings. The molecule has 6 nitrogen and oxygen atoms in total. The molecule has 3 rings (SSSR count). The smallest absolute Gasteiger partial charge is 0.279 e. The van der Waals surface area contributed by atoms with Crippen molar-refractivity contribution in [1.82, 2.24) is 16.0 Å². The summed E-state index contributed by atoms with van der Waals surface area (Å²) < 4.78 is 19.3. The third-order valence-corrected chi connectivity index (χ3v) is 5.84. The first-order chi connectivity index (χ1) is 13.3.